The molecular weight excluding hydrogens is 508 g/mol. The lowest BCUT2D eigenvalue weighted by atomic mass is 10.0. The number of rotatable bonds is 11. The van der Waals surface area contributed by atoms with Gasteiger partial charge in [0.05, 0.1) is 13.2 Å². The van der Waals surface area contributed by atoms with Crippen LogP contribution in [0.3, 0.4) is 0 Å². The number of esters is 1. The molecule has 0 N–H and O–H groups in total. The summed E-state index contributed by atoms with van der Waals surface area (Å²) in [5.41, 5.74) is -0.662. The molecule has 2 unspecified atom stereocenters. The van der Waals surface area contributed by atoms with Gasteiger partial charge < -0.3 is 33.3 Å². The molecule has 0 bridgehead atoms. The van der Waals surface area contributed by atoms with Gasteiger partial charge in [-0.3, -0.25) is 9.69 Å². The summed E-state index contributed by atoms with van der Waals surface area (Å²) in [4.78, 5) is 37.8. The first kappa shape index (κ1) is 34.0. The highest BCUT2D eigenvalue weighted by Gasteiger charge is 2.34. The van der Waals surface area contributed by atoms with Gasteiger partial charge in [0.1, 0.15) is 24.4 Å². The zero-order chi connectivity index (χ0) is 29.6. The highest BCUT2D eigenvalue weighted by molar-refractivity contribution is 5.81. The minimum Gasteiger partial charge on any atom is -0.490 e. The summed E-state index contributed by atoms with van der Waals surface area (Å²) in [6.07, 6.45) is -1.50. The van der Waals surface area contributed by atoms with Crippen LogP contribution >= 0.6 is 0 Å². The molecule has 39 heavy (non-hydrogen) atoms. The highest BCUT2D eigenvalue weighted by atomic mass is 16.7. The molecule has 11 heteroatoms. The first-order chi connectivity index (χ1) is 18.3. The summed E-state index contributed by atoms with van der Waals surface area (Å²) >= 11 is 0. The smallest absolute Gasteiger partial charge is 0.410 e. The predicted molar refractivity (Wildman–Crippen MR) is 146 cm³/mol. The van der Waals surface area contributed by atoms with Gasteiger partial charge in [0.25, 0.3) is 6.47 Å². The maximum absolute atomic E-state index is 12.1. The van der Waals surface area contributed by atoms with Crippen molar-refractivity contribution in [2.24, 2.45) is 5.92 Å². The fourth-order valence-electron chi connectivity index (χ4n) is 3.66. The van der Waals surface area contributed by atoms with Crippen molar-refractivity contribution in [3.8, 4) is 11.5 Å². The van der Waals surface area contributed by atoms with Crippen molar-refractivity contribution in [2.75, 3.05) is 47.0 Å². The van der Waals surface area contributed by atoms with Gasteiger partial charge in [-0.1, -0.05) is 26.0 Å². The third-order valence-electron chi connectivity index (χ3n) is 5.42. The maximum Gasteiger partial charge on any atom is 0.410 e. The summed E-state index contributed by atoms with van der Waals surface area (Å²) < 4.78 is 31.7. The average Bonchev–Trinajstić information content (AvgIpc) is 2.83. The molecule has 1 fully saturated rings. The van der Waals surface area contributed by atoms with E-state index in [1.165, 1.54) is 18.9 Å². The second-order valence-corrected chi connectivity index (χ2v) is 10.5. The van der Waals surface area contributed by atoms with E-state index in [0.29, 0.717) is 13.2 Å². The normalized spacial score (nSPS) is 17.1. The van der Waals surface area contributed by atoms with E-state index in [1.54, 1.807) is 34.6 Å². The molecule has 3 atom stereocenters. The number of benzene rings is 1. The number of ether oxygens (including phenoxy) is 6. The van der Waals surface area contributed by atoms with E-state index in [-0.39, 0.29) is 18.5 Å². The van der Waals surface area contributed by atoms with Gasteiger partial charge in [0.15, 0.2) is 11.5 Å². The zero-order valence-corrected chi connectivity index (χ0v) is 24.8. The van der Waals surface area contributed by atoms with Gasteiger partial charge in [0.2, 0.25) is 6.29 Å². The summed E-state index contributed by atoms with van der Waals surface area (Å²) in [7, 11) is 3.56. The lowest BCUT2D eigenvalue weighted by molar-refractivity contribution is -0.181. The van der Waals surface area contributed by atoms with Crippen molar-refractivity contribution in [3.63, 3.8) is 0 Å². The van der Waals surface area contributed by atoms with Gasteiger partial charge in [-0.25, -0.2) is 9.59 Å². The number of morpholine rings is 1. The van der Waals surface area contributed by atoms with Gasteiger partial charge in [-0.2, -0.15) is 0 Å². The first-order valence-electron chi connectivity index (χ1n) is 13.2. The SMILES string of the molecule is CC(OC=O)OC(=O)[C@@H](C(C)C)N(C)C(=O)OC(C)(C)C.CCOc1ccccc1OCC1CN(C)CCO1. The van der Waals surface area contributed by atoms with E-state index in [1.807, 2.05) is 31.2 Å². The Hall–Kier alpha value is -3.05. The summed E-state index contributed by atoms with van der Waals surface area (Å²) in [6, 6.07) is 6.91. The molecule has 1 amide bonds. The molecule has 1 aromatic rings. The molecule has 2 rings (SSSR count). The van der Waals surface area contributed by atoms with Crippen molar-refractivity contribution >= 4 is 18.5 Å². The van der Waals surface area contributed by atoms with E-state index in [4.69, 9.17) is 23.7 Å². The molecule has 1 aliphatic rings. The number of nitrogens with zero attached hydrogens (tertiary/aromatic N) is 2. The Bertz CT molecular complexity index is 888. The van der Waals surface area contributed by atoms with Crippen LogP contribution in [0.15, 0.2) is 24.3 Å². The molecule has 0 aromatic heterocycles. The Morgan fingerprint density at radius 3 is 2.28 bits per heavy atom. The van der Waals surface area contributed by atoms with Crippen molar-refractivity contribution in [3.05, 3.63) is 24.3 Å². The Balaban J connectivity index is 0.000000393. The second-order valence-electron chi connectivity index (χ2n) is 10.5. The molecule has 1 saturated heterocycles. The molecule has 1 aromatic carbocycles. The van der Waals surface area contributed by atoms with E-state index in [2.05, 4.69) is 16.7 Å². The van der Waals surface area contributed by atoms with Crippen molar-refractivity contribution < 1.29 is 42.8 Å². The predicted octanol–water partition coefficient (Wildman–Crippen LogP) is 3.73. The standard InChI is InChI=1S/C14H25NO6.C14H21NO3/c1-9(2)11(12(17)20-10(3)19-8-16)15(7)13(18)21-14(4,5)6;1-3-16-13-6-4-5-7-14(13)18-11-12-10-15(2)8-9-17-12/h8-11H,1-7H3;4-7,12H,3,8-11H2,1-2H3/t10?,11-;/m1./s1. The Morgan fingerprint density at radius 1 is 1.15 bits per heavy atom. The van der Waals surface area contributed by atoms with Crippen LogP contribution in [-0.2, 0) is 28.5 Å². The molecule has 1 heterocycles. The minimum absolute atomic E-state index is 0.137. The highest BCUT2D eigenvalue weighted by Crippen LogP contribution is 2.26. The number of hydrogen-bond acceptors (Lipinski definition) is 10. The molecular formula is C28H46N2O9. The molecule has 0 radical (unpaired) electrons. The first-order valence-corrected chi connectivity index (χ1v) is 13.2. The van der Waals surface area contributed by atoms with Crippen LogP contribution < -0.4 is 9.47 Å². The number of hydrogen-bond donors (Lipinski definition) is 0. The van der Waals surface area contributed by atoms with Gasteiger partial charge >= 0.3 is 12.1 Å². The summed E-state index contributed by atoms with van der Waals surface area (Å²) in [6.45, 7) is 16.2. The monoisotopic (exact) mass is 554 g/mol. The molecule has 0 saturated carbocycles. The quantitative estimate of drug-likeness (QED) is 0.228. The maximum atomic E-state index is 12.1. The third kappa shape index (κ3) is 13.0. The van der Waals surface area contributed by atoms with E-state index in [0.717, 1.165) is 31.2 Å². The zero-order valence-electron chi connectivity index (χ0n) is 24.8. The van der Waals surface area contributed by atoms with E-state index >= 15 is 0 Å². The molecule has 222 valence electrons. The average molecular weight is 555 g/mol. The Labute approximate surface area is 232 Å². The van der Waals surface area contributed by atoms with Crippen LogP contribution in [0.25, 0.3) is 0 Å². The van der Waals surface area contributed by atoms with Crippen LogP contribution in [0.5, 0.6) is 11.5 Å². The fourth-order valence-corrected chi connectivity index (χ4v) is 3.66. The van der Waals surface area contributed by atoms with Gasteiger partial charge in [0, 0.05) is 27.1 Å². The molecule has 11 nitrogen and oxygen atoms in total. The molecule has 0 aliphatic carbocycles. The fraction of sp³-hybridized carbons (Fsp3) is 0.679. The summed E-state index contributed by atoms with van der Waals surface area (Å²) in [5.74, 6) is 0.728. The largest absolute Gasteiger partial charge is 0.490 e. The minimum atomic E-state index is -1.01. The van der Waals surface area contributed by atoms with Crippen LogP contribution in [0.1, 0.15) is 48.5 Å². The van der Waals surface area contributed by atoms with Crippen LogP contribution in [0, 0.1) is 5.92 Å². The summed E-state index contributed by atoms with van der Waals surface area (Å²) in [5, 5.41) is 0. The lowest BCUT2D eigenvalue weighted by Gasteiger charge is -2.31. The number of amides is 1. The Kier molecular flexibility index (Phi) is 14.6. The second kappa shape index (κ2) is 16.8. The number of likely N-dealkylation sites (N-methyl/N-ethyl adjacent to an activating group) is 2. The van der Waals surface area contributed by atoms with Gasteiger partial charge in [-0.15, -0.1) is 0 Å². The van der Waals surface area contributed by atoms with Crippen molar-refractivity contribution in [1.29, 1.82) is 0 Å². The molecule has 1 aliphatic heterocycles. The van der Waals surface area contributed by atoms with Crippen LogP contribution in [-0.4, -0.2) is 99.4 Å². The number of para-hydroxylation sites is 2. The van der Waals surface area contributed by atoms with Crippen LogP contribution in [0.4, 0.5) is 4.79 Å². The van der Waals surface area contributed by atoms with E-state index in [9.17, 15) is 14.4 Å². The van der Waals surface area contributed by atoms with Crippen LogP contribution in [0.2, 0.25) is 0 Å². The number of carbonyl (C=O) groups excluding carboxylic acids is 3. The number of carbonyl (C=O) groups is 3. The third-order valence-corrected chi connectivity index (χ3v) is 5.42. The lowest BCUT2D eigenvalue weighted by Crippen LogP contribution is -2.49. The molecule has 0 spiro atoms. The van der Waals surface area contributed by atoms with Gasteiger partial charge in [-0.05, 0) is 52.8 Å². The van der Waals surface area contributed by atoms with Crippen molar-refractivity contribution in [1.82, 2.24) is 9.80 Å². The topological polar surface area (TPSA) is 113 Å². The van der Waals surface area contributed by atoms with E-state index < -0.39 is 30.0 Å². The Morgan fingerprint density at radius 2 is 1.77 bits per heavy atom. The van der Waals surface area contributed by atoms with Crippen molar-refractivity contribution in [2.45, 2.75) is 72.5 Å².